The topological polar surface area (TPSA) is 38.9 Å². The molecule has 0 radical (unpaired) electrons. The molecule has 0 aromatic carbocycles. The zero-order chi connectivity index (χ0) is 8.55. The van der Waals surface area contributed by atoms with E-state index in [1.807, 2.05) is 18.3 Å². The van der Waals surface area contributed by atoms with Gasteiger partial charge in [0, 0.05) is 12.2 Å². The van der Waals surface area contributed by atoms with Crippen molar-refractivity contribution in [2.45, 2.75) is 18.9 Å². The molecule has 2 nitrogen and oxygen atoms in total. The van der Waals surface area contributed by atoms with Crippen LogP contribution < -0.4 is 5.73 Å². The Hall–Kier alpha value is -0.120. The van der Waals surface area contributed by atoms with Gasteiger partial charge in [0.1, 0.15) is 4.60 Å². The molecule has 0 unspecified atom stereocenters. The summed E-state index contributed by atoms with van der Waals surface area (Å²) in [5.74, 6) is 0.702. The first-order valence-corrected chi connectivity index (χ1v) is 4.93. The molecule has 4 heteroatoms. The molecule has 1 aliphatic rings. The highest BCUT2D eigenvalue weighted by molar-refractivity contribution is 9.10. The summed E-state index contributed by atoms with van der Waals surface area (Å²) in [7, 11) is 0. The van der Waals surface area contributed by atoms with Gasteiger partial charge in [0.2, 0.25) is 0 Å². The van der Waals surface area contributed by atoms with Crippen LogP contribution in [-0.2, 0) is 0 Å². The number of hydrogen-bond donors (Lipinski definition) is 1. The smallest absolute Gasteiger partial charge is 0.106 e. The van der Waals surface area contributed by atoms with E-state index in [9.17, 15) is 0 Å². The van der Waals surface area contributed by atoms with Crippen LogP contribution >= 0.6 is 28.3 Å². The largest absolute Gasteiger partial charge is 0.324 e. The number of hydrogen-bond acceptors (Lipinski definition) is 2. The Labute approximate surface area is 92.5 Å². The second-order valence-electron chi connectivity index (χ2n) is 3.28. The summed E-state index contributed by atoms with van der Waals surface area (Å²) in [6.07, 6.45) is 4.40. The van der Waals surface area contributed by atoms with Gasteiger partial charge in [-0.2, -0.15) is 0 Å². The first kappa shape index (κ1) is 11.0. The lowest BCUT2D eigenvalue weighted by molar-refractivity contribution is 0.630. The number of aromatic nitrogens is 1. The molecule has 0 spiro atoms. The van der Waals surface area contributed by atoms with Crippen molar-refractivity contribution in [2.75, 3.05) is 0 Å². The molecule has 13 heavy (non-hydrogen) atoms. The zero-order valence-electron chi connectivity index (χ0n) is 7.11. The highest BCUT2D eigenvalue weighted by Crippen LogP contribution is 2.39. The maximum absolute atomic E-state index is 6.00. The van der Waals surface area contributed by atoms with Gasteiger partial charge in [0.15, 0.2) is 0 Å². The Morgan fingerprint density at radius 1 is 1.46 bits per heavy atom. The summed E-state index contributed by atoms with van der Waals surface area (Å²) < 4.78 is 0.870. The van der Waals surface area contributed by atoms with Gasteiger partial charge in [-0.25, -0.2) is 4.98 Å². The summed E-state index contributed by atoms with van der Waals surface area (Å²) >= 11 is 3.30. The minimum Gasteiger partial charge on any atom is -0.324 e. The van der Waals surface area contributed by atoms with E-state index in [1.165, 1.54) is 12.8 Å². The second-order valence-corrected chi connectivity index (χ2v) is 4.09. The van der Waals surface area contributed by atoms with E-state index in [4.69, 9.17) is 5.73 Å². The number of rotatable bonds is 2. The highest BCUT2D eigenvalue weighted by Gasteiger charge is 2.29. The molecule has 1 aromatic rings. The van der Waals surface area contributed by atoms with Crippen LogP contribution in [0.4, 0.5) is 0 Å². The molecule has 1 saturated carbocycles. The fraction of sp³-hybridized carbons (Fsp3) is 0.444. The van der Waals surface area contributed by atoms with Crippen LogP contribution in [0.15, 0.2) is 22.9 Å². The third-order valence-corrected chi connectivity index (χ3v) is 2.73. The molecule has 1 aromatic heterocycles. The van der Waals surface area contributed by atoms with Gasteiger partial charge < -0.3 is 5.73 Å². The Kier molecular flexibility index (Phi) is 3.71. The average molecular weight is 264 g/mol. The van der Waals surface area contributed by atoms with Crippen LogP contribution in [0.5, 0.6) is 0 Å². The van der Waals surface area contributed by atoms with Crippen LogP contribution in [0.2, 0.25) is 0 Å². The monoisotopic (exact) mass is 262 g/mol. The fourth-order valence-electron chi connectivity index (χ4n) is 1.31. The Balaban J connectivity index is 0.000000845. The van der Waals surface area contributed by atoms with E-state index in [0.29, 0.717) is 5.92 Å². The van der Waals surface area contributed by atoms with Crippen molar-refractivity contribution in [3.8, 4) is 0 Å². The molecule has 0 amide bonds. The number of nitrogens with two attached hydrogens (primary N) is 1. The number of halogens is 2. The molecule has 2 N–H and O–H groups in total. The molecule has 0 bridgehead atoms. The highest BCUT2D eigenvalue weighted by atomic mass is 79.9. The average Bonchev–Trinajstić information content (AvgIpc) is 2.87. The van der Waals surface area contributed by atoms with E-state index in [-0.39, 0.29) is 18.4 Å². The standard InChI is InChI=1S/C9H11BrN2.ClH/c10-8-4-3-7(5-12-8)9(11)6-1-2-6;/h3-6,9H,1-2,11H2;1H/t9-;/m1./s1. The Bertz CT molecular complexity index is 271. The van der Waals surface area contributed by atoms with Crippen molar-refractivity contribution < 1.29 is 0 Å². The van der Waals surface area contributed by atoms with Gasteiger partial charge in [0.25, 0.3) is 0 Å². The van der Waals surface area contributed by atoms with Gasteiger partial charge in [-0.15, -0.1) is 12.4 Å². The quantitative estimate of drug-likeness (QED) is 0.833. The predicted molar refractivity (Wildman–Crippen MR) is 58.8 cm³/mol. The second kappa shape index (κ2) is 4.40. The van der Waals surface area contributed by atoms with Crippen molar-refractivity contribution in [3.63, 3.8) is 0 Å². The van der Waals surface area contributed by atoms with Gasteiger partial charge in [0.05, 0.1) is 0 Å². The van der Waals surface area contributed by atoms with E-state index < -0.39 is 0 Å². The summed E-state index contributed by atoms with van der Waals surface area (Å²) in [6.45, 7) is 0. The molecule has 0 saturated heterocycles. The summed E-state index contributed by atoms with van der Waals surface area (Å²) in [5.41, 5.74) is 7.15. The van der Waals surface area contributed by atoms with E-state index in [0.717, 1.165) is 10.2 Å². The van der Waals surface area contributed by atoms with E-state index >= 15 is 0 Å². The molecule has 0 aliphatic heterocycles. The van der Waals surface area contributed by atoms with Crippen LogP contribution in [0, 0.1) is 5.92 Å². The van der Waals surface area contributed by atoms with Crippen molar-refractivity contribution in [3.05, 3.63) is 28.5 Å². The SMILES string of the molecule is Cl.N[C@@H](c1ccc(Br)nc1)C1CC1. The lowest BCUT2D eigenvalue weighted by Crippen LogP contribution is -2.12. The van der Waals surface area contributed by atoms with Crippen LogP contribution in [0.1, 0.15) is 24.4 Å². The Morgan fingerprint density at radius 2 is 2.15 bits per heavy atom. The van der Waals surface area contributed by atoms with Crippen molar-refractivity contribution >= 4 is 28.3 Å². The summed E-state index contributed by atoms with van der Waals surface area (Å²) in [5, 5.41) is 0. The maximum atomic E-state index is 6.00. The molecule has 72 valence electrons. The van der Waals surface area contributed by atoms with Crippen molar-refractivity contribution in [1.29, 1.82) is 0 Å². The number of nitrogens with zero attached hydrogens (tertiary/aromatic N) is 1. The van der Waals surface area contributed by atoms with Gasteiger partial charge in [-0.3, -0.25) is 0 Å². The van der Waals surface area contributed by atoms with Gasteiger partial charge in [-0.05, 0) is 46.3 Å². The van der Waals surface area contributed by atoms with E-state index in [1.54, 1.807) is 0 Å². The predicted octanol–water partition coefficient (Wildman–Crippen LogP) is 2.68. The fourth-order valence-corrected chi connectivity index (χ4v) is 1.55. The molecule has 1 heterocycles. The minimum atomic E-state index is 0. The normalized spacial score (nSPS) is 17.7. The summed E-state index contributed by atoms with van der Waals surface area (Å²) in [4.78, 5) is 4.15. The molecule has 1 atom stereocenters. The van der Waals surface area contributed by atoms with Gasteiger partial charge >= 0.3 is 0 Å². The van der Waals surface area contributed by atoms with Gasteiger partial charge in [-0.1, -0.05) is 6.07 Å². The van der Waals surface area contributed by atoms with Crippen molar-refractivity contribution in [1.82, 2.24) is 4.98 Å². The Morgan fingerprint density at radius 3 is 2.62 bits per heavy atom. The molecular formula is C9H12BrClN2. The molecule has 1 fully saturated rings. The minimum absolute atomic E-state index is 0. The van der Waals surface area contributed by atoms with Crippen LogP contribution in [0.3, 0.4) is 0 Å². The summed E-state index contributed by atoms with van der Waals surface area (Å²) in [6, 6.07) is 4.18. The molecular weight excluding hydrogens is 251 g/mol. The lowest BCUT2D eigenvalue weighted by atomic mass is 10.1. The third kappa shape index (κ3) is 2.66. The first-order chi connectivity index (χ1) is 5.77. The zero-order valence-corrected chi connectivity index (χ0v) is 9.51. The third-order valence-electron chi connectivity index (χ3n) is 2.27. The molecule has 2 rings (SSSR count). The molecule has 1 aliphatic carbocycles. The maximum Gasteiger partial charge on any atom is 0.106 e. The van der Waals surface area contributed by atoms with E-state index in [2.05, 4.69) is 20.9 Å². The van der Waals surface area contributed by atoms with Crippen molar-refractivity contribution in [2.24, 2.45) is 11.7 Å². The lowest BCUT2D eigenvalue weighted by Gasteiger charge is -2.09. The van der Waals surface area contributed by atoms with Crippen LogP contribution in [-0.4, -0.2) is 4.98 Å². The first-order valence-electron chi connectivity index (χ1n) is 4.14. The van der Waals surface area contributed by atoms with Crippen LogP contribution in [0.25, 0.3) is 0 Å². The number of pyridine rings is 1.